The van der Waals surface area contributed by atoms with Crippen LogP contribution in [0.15, 0.2) is 0 Å². The van der Waals surface area contributed by atoms with Crippen LogP contribution in [0.3, 0.4) is 0 Å². The lowest BCUT2D eigenvalue weighted by molar-refractivity contribution is -0.132. The lowest BCUT2D eigenvalue weighted by Crippen LogP contribution is -2.49. The molecule has 0 aromatic rings. The molecule has 0 spiro atoms. The molecular formula is C8H16N2O3S. The first-order valence-electron chi connectivity index (χ1n) is 4.71. The number of amides is 1. The molecule has 5 nitrogen and oxygen atoms in total. The summed E-state index contributed by atoms with van der Waals surface area (Å²) in [5.74, 6) is -0.00735. The Kier molecular flexibility index (Phi) is 3.49. The molecule has 14 heavy (non-hydrogen) atoms. The van der Waals surface area contributed by atoms with E-state index in [-0.39, 0.29) is 30.5 Å². The van der Waals surface area contributed by atoms with Crippen molar-refractivity contribution in [3.63, 3.8) is 0 Å². The van der Waals surface area contributed by atoms with Crippen LogP contribution in [0, 0.1) is 0 Å². The van der Waals surface area contributed by atoms with Crippen LogP contribution in [0.4, 0.5) is 0 Å². The van der Waals surface area contributed by atoms with Gasteiger partial charge in [-0.05, 0) is 6.42 Å². The number of hydrogen-bond donors (Lipinski definition) is 1. The molecule has 2 N–H and O–H groups in total. The van der Waals surface area contributed by atoms with E-state index in [2.05, 4.69) is 0 Å². The zero-order chi connectivity index (χ0) is 10.8. The van der Waals surface area contributed by atoms with E-state index in [4.69, 9.17) is 5.73 Å². The molecule has 6 heteroatoms. The highest BCUT2D eigenvalue weighted by Gasteiger charge is 2.27. The van der Waals surface area contributed by atoms with Crippen molar-refractivity contribution in [1.29, 1.82) is 0 Å². The Bertz CT molecular complexity index is 299. The summed E-state index contributed by atoms with van der Waals surface area (Å²) in [6.45, 7) is 2.41. The van der Waals surface area contributed by atoms with Crippen LogP contribution in [0.2, 0.25) is 0 Å². The van der Waals surface area contributed by atoms with Crippen LogP contribution < -0.4 is 5.73 Å². The molecule has 0 aliphatic carbocycles. The number of carbonyl (C=O) groups is 1. The minimum absolute atomic E-state index is 0.0647. The number of nitrogens with zero attached hydrogens (tertiary/aromatic N) is 1. The Morgan fingerprint density at radius 3 is 2.36 bits per heavy atom. The number of nitrogens with two attached hydrogens (primary N) is 1. The third-order valence-electron chi connectivity index (χ3n) is 2.41. The van der Waals surface area contributed by atoms with Crippen molar-refractivity contribution in [2.75, 3.05) is 24.6 Å². The highest BCUT2D eigenvalue weighted by atomic mass is 32.2. The van der Waals surface area contributed by atoms with Crippen molar-refractivity contribution in [1.82, 2.24) is 4.90 Å². The van der Waals surface area contributed by atoms with Gasteiger partial charge in [-0.1, -0.05) is 6.92 Å². The largest absolute Gasteiger partial charge is 0.339 e. The zero-order valence-electron chi connectivity index (χ0n) is 8.27. The number of rotatable bonds is 2. The Hall–Kier alpha value is -0.620. The lowest BCUT2D eigenvalue weighted by Gasteiger charge is -2.28. The average molecular weight is 220 g/mol. The molecule has 0 radical (unpaired) electrons. The molecule has 1 atom stereocenters. The van der Waals surface area contributed by atoms with Gasteiger partial charge in [0.2, 0.25) is 5.91 Å². The molecule has 1 amide bonds. The second-order valence-electron chi connectivity index (χ2n) is 3.49. The summed E-state index contributed by atoms with van der Waals surface area (Å²) in [5.41, 5.74) is 5.57. The van der Waals surface area contributed by atoms with E-state index in [1.54, 1.807) is 0 Å². The van der Waals surface area contributed by atoms with Gasteiger partial charge in [-0.25, -0.2) is 8.42 Å². The number of sulfone groups is 1. The minimum atomic E-state index is -2.92. The molecule has 82 valence electrons. The SMILES string of the molecule is CC[C@H](N)C(=O)N1CCS(=O)(=O)CC1. The quantitative estimate of drug-likeness (QED) is 0.646. The summed E-state index contributed by atoms with van der Waals surface area (Å²) < 4.78 is 22.2. The summed E-state index contributed by atoms with van der Waals surface area (Å²) in [7, 11) is -2.92. The van der Waals surface area contributed by atoms with Crippen molar-refractivity contribution in [2.24, 2.45) is 5.73 Å². The molecule has 1 fully saturated rings. The normalized spacial score (nSPS) is 23.1. The first-order chi connectivity index (χ1) is 6.46. The van der Waals surface area contributed by atoms with E-state index in [1.807, 2.05) is 6.92 Å². The Morgan fingerprint density at radius 2 is 1.93 bits per heavy atom. The number of carbonyl (C=O) groups excluding carboxylic acids is 1. The van der Waals surface area contributed by atoms with E-state index in [9.17, 15) is 13.2 Å². The second kappa shape index (κ2) is 4.27. The molecule has 1 rings (SSSR count). The Balaban J connectivity index is 2.54. The summed E-state index contributed by atoms with van der Waals surface area (Å²) in [4.78, 5) is 13.1. The topological polar surface area (TPSA) is 80.5 Å². The van der Waals surface area contributed by atoms with Crippen LogP contribution in [0.1, 0.15) is 13.3 Å². The predicted molar refractivity (Wildman–Crippen MR) is 53.5 cm³/mol. The van der Waals surface area contributed by atoms with Gasteiger partial charge >= 0.3 is 0 Å². The smallest absolute Gasteiger partial charge is 0.239 e. The van der Waals surface area contributed by atoms with Crippen LogP contribution in [-0.2, 0) is 14.6 Å². The minimum Gasteiger partial charge on any atom is -0.339 e. The van der Waals surface area contributed by atoms with E-state index >= 15 is 0 Å². The Labute approximate surface area is 84.2 Å². The summed E-state index contributed by atoms with van der Waals surface area (Å²) in [6.07, 6.45) is 0.585. The van der Waals surface area contributed by atoms with Gasteiger partial charge in [-0.15, -0.1) is 0 Å². The fourth-order valence-corrected chi connectivity index (χ4v) is 2.54. The van der Waals surface area contributed by atoms with E-state index < -0.39 is 15.9 Å². The predicted octanol–water partition coefficient (Wildman–Crippen LogP) is -1.02. The van der Waals surface area contributed by atoms with Crippen LogP contribution >= 0.6 is 0 Å². The summed E-state index contributed by atoms with van der Waals surface area (Å²) in [5, 5.41) is 0. The average Bonchev–Trinajstić information content (AvgIpc) is 2.15. The van der Waals surface area contributed by atoms with Crippen LogP contribution in [0.25, 0.3) is 0 Å². The second-order valence-corrected chi connectivity index (χ2v) is 5.80. The number of hydrogen-bond acceptors (Lipinski definition) is 4. The van der Waals surface area contributed by atoms with Gasteiger partial charge in [0.25, 0.3) is 0 Å². The van der Waals surface area contributed by atoms with E-state index in [1.165, 1.54) is 4.90 Å². The van der Waals surface area contributed by atoms with Gasteiger partial charge in [0.15, 0.2) is 9.84 Å². The van der Waals surface area contributed by atoms with E-state index in [0.717, 1.165) is 0 Å². The highest BCUT2D eigenvalue weighted by molar-refractivity contribution is 7.91. The van der Waals surface area contributed by atoms with Crippen LogP contribution in [-0.4, -0.2) is 49.9 Å². The Morgan fingerprint density at radius 1 is 1.43 bits per heavy atom. The van der Waals surface area contributed by atoms with Gasteiger partial charge in [0.1, 0.15) is 0 Å². The third-order valence-corrected chi connectivity index (χ3v) is 4.02. The monoisotopic (exact) mass is 220 g/mol. The maximum absolute atomic E-state index is 11.5. The van der Waals surface area contributed by atoms with Gasteiger partial charge < -0.3 is 10.6 Å². The molecule has 1 saturated heterocycles. The highest BCUT2D eigenvalue weighted by Crippen LogP contribution is 2.05. The lowest BCUT2D eigenvalue weighted by atomic mass is 10.2. The molecular weight excluding hydrogens is 204 g/mol. The van der Waals surface area contributed by atoms with Crippen molar-refractivity contribution in [3.05, 3.63) is 0 Å². The zero-order valence-corrected chi connectivity index (χ0v) is 9.09. The maximum Gasteiger partial charge on any atom is 0.239 e. The fraction of sp³-hybridized carbons (Fsp3) is 0.875. The van der Waals surface area contributed by atoms with Crippen molar-refractivity contribution >= 4 is 15.7 Å². The first-order valence-corrected chi connectivity index (χ1v) is 6.53. The standard InChI is InChI=1S/C8H16N2O3S/c1-2-7(9)8(11)10-3-5-14(12,13)6-4-10/h7H,2-6,9H2,1H3/t7-/m0/s1. The molecule has 0 bridgehead atoms. The van der Waals surface area contributed by atoms with Crippen molar-refractivity contribution in [2.45, 2.75) is 19.4 Å². The fourth-order valence-electron chi connectivity index (χ4n) is 1.34. The van der Waals surface area contributed by atoms with Crippen LogP contribution in [0.5, 0.6) is 0 Å². The molecule has 0 aromatic heterocycles. The molecule has 0 unspecified atom stereocenters. The third kappa shape index (κ3) is 2.68. The molecule has 0 aromatic carbocycles. The van der Waals surface area contributed by atoms with Gasteiger partial charge in [0, 0.05) is 13.1 Å². The molecule has 1 aliphatic heterocycles. The van der Waals surface area contributed by atoms with Gasteiger partial charge in [-0.2, -0.15) is 0 Å². The molecule has 1 aliphatic rings. The first kappa shape index (κ1) is 11.5. The van der Waals surface area contributed by atoms with Crippen molar-refractivity contribution in [3.8, 4) is 0 Å². The van der Waals surface area contributed by atoms with Gasteiger partial charge in [0.05, 0.1) is 17.5 Å². The van der Waals surface area contributed by atoms with Gasteiger partial charge in [-0.3, -0.25) is 4.79 Å². The summed E-state index contributed by atoms with van der Waals surface area (Å²) >= 11 is 0. The molecule has 1 heterocycles. The van der Waals surface area contributed by atoms with E-state index in [0.29, 0.717) is 6.42 Å². The van der Waals surface area contributed by atoms with Crippen molar-refractivity contribution < 1.29 is 13.2 Å². The summed E-state index contributed by atoms with van der Waals surface area (Å²) in [6, 6.07) is -0.490. The molecule has 0 saturated carbocycles. The maximum atomic E-state index is 11.5.